The maximum Gasteiger partial charge on any atom is 0.410 e. The summed E-state index contributed by atoms with van der Waals surface area (Å²) in [4.78, 5) is 19.7. The van der Waals surface area contributed by atoms with Crippen molar-refractivity contribution in [2.24, 2.45) is 0 Å². The van der Waals surface area contributed by atoms with Crippen LogP contribution in [0.25, 0.3) is 10.9 Å². The van der Waals surface area contributed by atoms with E-state index in [1.807, 2.05) is 39.1 Å². The first kappa shape index (κ1) is 23.3. The molecule has 0 spiro atoms. The smallest absolute Gasteiger partial charge is 0.410 e. The predicted octanol–water partition coefficient (Wildman–Crippen LogP) is 4.33. The van der Waals surface area contributed by atoms with Crippen LogP contribution in [0.5, 0.6) is 0 Å². The summed E-state index contributed by atoms with van der Waals surface area (Å²) in [5.74, 6) is -0.277. The molecule has 1 fully saturated rings. The van der Waals surface area contributed by atoms with E-state index in [0.717, 1.165) is 17.5 Å². The zero-order valence-corrected chi connectivity index (χ0v) is 19.4. The Morgan fingerprint density at radius 2 is 1.91 bits per heavy atom. The number of rotatable bonds is 6. The summed E-state index contributed by atoms with van der Waals surface area (Å²) in [6.07, 6.45) is 1.70. The Labute approximate surface area is 194 Å². The minimum absolute atomic E-state index is 0.229. The van der Waals surface area contributed by atoms with E-state index in [2.05, 4.69) is 22.0 Å². The van der Waals surface area contributed by atoms with Crippen molar-refractivity contribution < 1.29 is 19.0 Å². The number of ether oxygens (including phenoxy) is 1. The van der Waals surface area contributed by atoms with E-state index in [1.165, 1.54) is 23.1 Å². The number of aromatic nitrogens is 1. The zero-order chi connectivity index (χ0) is 23.6. The van der Waals surface area contributed by atoms with Gasteiger partial charge in [-0.05, 0) is 56.5 Å². The van der Waals surface area contributed by atoms with Gasteiger partial charge in [0.2, 0.25) is 0 Å². The van der Waals surface area contributed by atoms with E-state index < -0.39 is 17.8 Å². The number of hydrogen-bond donors (Lipinski definition) is 2. The van der Waals surface area contributed by atoms with Crippen LogP contribution in [0.3, 0.4) is 0 Å². The second-order valence-corrected chi connectivity index (χ2v) is 9.73. The Balaban J connectivity index is 1.51. The van der Waals surface area contributed by atoms with E-state index in [4.69, 9.17) is 4.74 Å². The van der Waals surface area contributed by atoms with Crippen molar-refractivity contribution >= 4 is 17.0 Å². The number of H-pyrrole nitrogens is 1. The molecule has 4 rings (SSSR count). The molecule has 33 heavy (non-hydrogen) atoms. The minimum Gasteiger partial charge on any atom is -0.444 e. The van der Waals surface area contributed by atoms with E-state index in [9.17, 15) is 14.3 Å². The maximum atomic E-state index is 13.4. The van der Waals surface area contributed by atoms with Crippen LogP contribution in [0.2, 0.25) is 0 Å². The lowest BCUT2D eigenvalue weighted by Crippen LogP contribution is -2.44. The van der Waals surface area contributed by atoms with Crippen LogP contribution >= 0.6 is 0 Å². The number of fused-ring (bicyclic) bond motifs is 1. The molecule has 0 saturated carbocycles. The van der Waals surface area contributed by atoms with E-state index in [0.29, 0.717) is 19.6 Å². The summed E-state index contributed by atoms with van der Waals surface area (Å²) in [5.41, 5.74) is 2.66. The molecule has 1 aliphatic heterocycles. The first-order chi connectivity index (χ1) is 15.7. The SMILES string of the molecule is CC(C)(C)OC(=O)N1C[C@@H](O)[C@H](N(CCc2c[nH]c3ccccc23)Cc2ccc(F)cc2)C1. The highest BCUT2D eigenvalue weighted by Gasteiger charge is 2.39. The Morgan fingerprint density at radius 3 is 2.64 bits per heavy atom. The molecule has 6 nitrogen and oxygen atoms in total. The average Bonchev–Trinajstić information content (AvgIpc) is 3.35. The second-order valence-electron chi connectivity index (χ2n) is 9.73. The summed E-state index contributed by atoms with van der Waals surface area (Å²) in [7, 11) is 0. The number of benzene rings is 2. The summed E-state index contributed by atoms with van der Waals surface area (Å²) in [6, 6.07) is 14.4. The normalized spacial score (nSPS) is 18.9. The van der Waals surface area contributed by atoms with Gasteiger partial charge in [0, 0.05) is 36.7 Å². The first-order valence-corrected chi connectivity index (χ1v) is 11.4. The molecular weight excluding hydrogens is 421 g/mol. The molecule has 1 amide bonds. The van der Waals surface area contributed by atoms with Gasteiger partial charge in [0.1, 0.15) is 11.4 Å². The van der Waals surface area contributed by atoms with Gasteiger partial charge in [0.05, 0.1) is 18.7 Å². The van der Waals surface area contributed by atoms with E-state index in [-0.39, 0.29) is 18.4 Å². The van der Waals surface area contributed by atoms with Crippen LogP contribution in [0.4, 0.5) is 9.18 Å². The fraction of sp³-hybridized carbons (Fsp3) is 0.423. The minimum atomic E-state index is -0.694. The predicted molar refractivity (Wildman–Crippen MR) is 126 cm³/mol. The number of amides is 1. The second kappa shape index (κ2) is 9.53. The summed E-state index contributed by atoms with van der Waals surface area (Å²) in [6.45, 7) is 7.33. The number of β-amino-alcohol motifs (C(OH)–C–C–N with tert-alkyl or cyclic N) is 1. The molecule has 7 heteroatoms. The van der Waals surface area contributed by atoms with Gasteiger partial charge < -0.3 is 19.7 Å². The van der Waals surface area contributed by atoms with E-state index in [1.54, 1.807) is 17.0 Å². The lowest BCUT2D eigenvalue weighted by molar-refractivity contribution is 0.0269. The molecule has 0 aliphatic carbocycles. The molecule has 2 heterocycles. The molecule has 0 bridgehead atoms. The quantitative estimate of drug-likeness (QED) is 0.583. The molecule has 1 saturated heterocycles. The number of carbonyl (C=O) groups excluding carboxylic acids is 1. The molecule has 2 N–H and O–H groups in total. The van der Waals surface area contributed by atoms with Crippen LogP contribution < -0.4 is 0 Å². The lowest BCUT2D eigenvalue weighted by atomic mass is 10.1. The molecule has 176 valence electrons. The number of hydrogen-bond acceptors (Lipinski definition) is 4. The lowest BCUT2D eigenvalue weighted by Gasteiger charge is -2.31. The number of nitrogens with zero attached hydrogens (tertiary/aromatic N) is 2. The fourth-order valence-corrected chi connectivity index (χ4v) is 4.39. The van der Waals surface area contributed by atoms with Crippen molar-refractivity contribution in [1.82, 2.24) is 14.8 Å². The third-order valence-electron chi connectivity index (χ3n) is 6.02. The van der Waals surface area contributed by atoms with Gasteiger partial charge in [-0.1, -0.05) is 30.3 Å². The topological polar surface area (TPSA) is 68.8 Å². The average molecular weight is 454 g/mol. The molecule has 0 unspecified atom stereocenters. The van der Waals surface area contributed by atoms with Gasteiger partial charge in [-0.2, -0.15) is 0 Å². The summed E-state index contributed by atoms with van der Waals surface area (Å²) >= 11 is 0. The van der Waals surface area contributed by atoms with E-state index >= 15 is 0 Å². The van der Waals surface area contributed by atoms with Crippen LogP contribution in [-0.4, -0.2) is 63.4 Å². The highest BCUT2D eigenvalue weighted by molar-refractivity contribution is 5.83. The van der Waals surface area contributed by atoms with Crippen molar-refractivity contribution in [1.29, 1.82) is 0 Å². The van der Waals surface area contributed by atoms with Crippen molar-refractivity contribution in [2.45, 2.75) is 51.5 Å². The van der Waals surface area contributed by atoms with Gasteiger partial charge in [0.25, 0.3) is 0 Å². The van der Waals surface area contributed by atoms with Gasteiger partial charge in [-0.3, -0.25) is 4.90 Å². The van der Waals surface area contributed by atoms with Gasteiger partial charge in [-0.25, -0.2) is 9.18 Å². The Hall–Kier alpha value is -2.90. The number of aliphatic hydroxyl groups excluding tert-OH is 1. The summed E-state index contributed by atoms with van der Waals surface area (Å²) < 4.78 is 18.9. The number of likely N-dealkylation sites (tertiary alicyclic amines) is 1. The molecule has 2 atom stereocenters. The number of halogens is 1. The first-order valence-electron chi connectivity index (χ1n) is 11.4. The van der Waals surface area contributed by atoms with Gasteiger partial charge in [-0.15, -0.1) is 0 Å². The van der Waals surface area contributed by atoms with Crippen LogP contribution in [0.1, 0.15) is 31.9 Å². The van der Waals surface area contributed by atoms with Crippen LogP contribution in [0, 0.1) is 5.82 Å². The molecular formula is C26H32FN3O3. The Bertz CT molecular complexity index is 1090. The van der Waals surface area contributed by atoms with Crippen LogP contribution in [-0.2, 0) is 17.7 Å². The van der Waals surface area contributed by atoms with Crippen LogP contribution in [0.15, 0.2) is 54.7 Å². The molecule has 1 aromatic heterocycles. The molecule has 1 aliphatic rings. The number of nitrogens with one attached hydrogen (secondary N) is 1. The standard InChI is InChI=1S/C26H32FN3O3/c1-26(2,3)33-25(32)30-16-23(24(31)17-30)29(15-18-8-10-20(27)11-9-18)13-12-19-14-28-22-7-5-4-6-21(19)22/h4-11,14,23-24,28,31H,12-13,15-17H2,1-3H3/t23-,24-/m1/s1. The molecule has 3 aromatic rings. The van der Waals surface area contributed by atoms with Crippen molar-refractivity contribution in [3.05, 3.63) is 71.7 Å². The summed E-state index contributed by atoms with van der Waals surface area (Å²) in [5, 5.41) is 12.1. The fourth-order valence-electron chi connectivity index (χ4n) is 4.39. The van der Waals surface area contributed by atoms with Gasteiger partial charge >= 0.3 is 6.09 Å². The number of aromatic amines is 1. The Morgan fingerprint density at radius 1 is 1.18 bits per heavy atom. The monoisotopic (exact) mass is 453 g/mol. The molecule has 2 aromatic carbocycles. The molecule has 0 radical (unpaired) electrons. The third-order valence-corrected chi connectivity index (χ3v) is 6.02. The number of carbonyl (C=O) groups is 1. The number of para-hydroxylation sites is 1. The third kappa shape index (κ3) is 5.72. The highest BCUT2D eigenvalue weighted by atomic mass is 19.1. The highest BCUT2D eigenvalue weighted by Crippen LogP contribution is 2.24. The van der Waals surface area contributed by atoms with Crippen molar-refractivity contribution in [3.63, 3.8) is 0 Å². The maximum absolute atomic E-state index is 13.4. The Kier molecular flexibility index (Phi) is 6.72. The van der Waals surface area contributed by atoms with Crippen molar-refractivity contribution in [3.8, 4) is 0 Å². The zero-order valence-electron chi connectivity index (χ0n) is 19.4. The largest absolute Gasteiger partial charge is 0.444 e. The van der Waals surface area contributed by atoms with Gasteiger partial charge in [0.15, 0.2) is 0 Å². The van der Waals surface area contributed by atoms with Crippen molar-refractivity contribution in [2.75, 3.05) is 19.6 Å². The number of aliphatic hydroxyl groups is 1.